The van der Waals surface area contributed by atoms with E-state index in [-0.39, 0.29) is 11.9 Å². The third-order valence-electron chi connectivity index (χ3n) is 5.07. The Hall–Kier alpha value is -1.09. The van der Waals surface area contributed by atoms with E-state index >= 15 is 0 Å². The van der Waals surface area contributed by atoms with Crippen molar-refractivity contribution in [1.82, 2.24) is 5.32 Å². The van der Waals surface area contributed by atoms with E-state index in [4.69, 9.17) is 4.74 Å². The maximum absolute atomic E-state index is 13.9. The zero-order valence-corrected chi connectivity index (χ0v) is 11.7. The van der Waals surface area contributed by atoms with Crippen LogP contribution in [-0.2, 0) is 0 Å². The summed E-state index contributed by atoms with van der Waals surface area (Å²) in [6, 6.07) is 5.64. The number of fused-ring (bicyclic) bond motifs is 2. The van der Waals surface area contributed by atoms with Crippen molar-refractivity contribution in [3.8, 4) is 5.75 Å². The molecule has 1 aromatic carbocycles. The lowest BCUT2D eigenvalue weighted by atomic mass is 9.80. The van der Waals surface area contributed by atoms with Gasteiger partial charge in [-0.15, -0.1) is 0 Å². The summed E-state index contributed by atoms with van der Waals surface area (Å²) in [5.74, 6) is 2.47. The Kier molecular flexibility index (Phi) is 3.48. The highest BCUT2D eigenvalue weighted by Gasteiger charge is 2.43. The molecular formula is C16H22FNO. The molecule has 2 bridgehead atoms. The first-order valence-corrected chi connectivity index (χ1v) is 7.23. The maximum atomic E-state index is 13.9. The van der Waals surface area contributed by atoms with Gasteiger partial charge in [0.2, 0.25) is 0 Å². The van der Waals surface area contributed by atoms with Gasteiger partial charge in [0.25, 0.3) is 0 Å². The minimum absolute atomic E-state index is 0.261. The molecule has 0 aromatic heterocycles. The van der Waals surface area contributed by atoms with Crippen molar-refractivity contribution in [1.29, 1.82) is 0 Å². The first kappa shape index (κ1) is 12.9. The molecule has 3 rings (SSSR count). The number of benzene rings is 1. The van der Waals surface area contributed by atoms with Gasteiger partial charge in [-0.1, -0.05) is 12.5 Å². The molecule has 2 fully saturated rings. The summed E-state index contributed by atoms with van der Waals surface area (Å²) in [4.78, 5) is 0. The summed E-state index contributed by atoms with van der Waals surface area (Å²) in [6.45, 7) is 0. The third-order valence-corrected chi connectivity index (χ3v) is 5.07. The van der Waals surface area contributed by atoms with Crippen LogP contribution < -0.4 is 10.1 Å². The van der Waals surface area contributed by atoms with Crippen molar-refractivity contribution in [3.05, 3.63) is 29.6 Å². The Bertz CT molecular complexity index is 462. The van der Waals surface area contributed by atoms with E-state index in [9.17, 15) is 4.39 Å². The van der Waals surface area contributed by atoms with Crippen molar-refractivity contribution in [2.75, 3.05) is 14.2 Å². The second-order valence-electron chi connectivity index (χ2n) is 6.00. The number of hydrogen-bond donors (Lipinski definition) is 1. The van der Waals surface area contributed by atoms with Gasteiger partial charge < -0.3 is 10.1 Å². The molecule has 2 saturated carbocycles. The summed E-state index contributed by atoms with van der Waals surface area (Å²) in [7, 11) is 3.49. The van der Waals surface area contributed by atoms with Gasteiger partial charge in [-0.05, 0) is 61.8 Å². The minimum Gasteiger partial charge on any atom is -0.494 e. The number of ether oxygens (including phenoxy) is 1. The summed E-state index contributed by atoms with van der Waals surface area (Å²) in [5, 5.41) is 3.40. The fourth-order valence-corrected chi connectivity index (χ4v) is 4.21. The Morgan fingerprint density at radius 3 is 2.68 bits per heavy atom. The van der Waals surface area contributed by atoms with Gasteiger partial charge in [-0.2, -0.15) is 0 Å². The summed E-state index contributed by atoms with van der Waals surface area (Å²) < 4.78 is 18.9. The molecule has 0 saturated heterocycles. The normalized spacial score (nSPS) is 30.6. The van der Waals surface area contributed by atoms with Crippen molar-refractivity contribution in [2.45, 2.75) is 31.7 Å². The standard InChI is InChI=1S/C16H22FNO/c1-18-16(13-8-10-3-4-11(13)7-10)12-5-6-15(19-2)14(17)9-12/h5-6,9-11,13,16,18H,3-4,7-8H2,1-2H3. The quantitative estimate of drug-likeness (QED) is 0.897. The van der Waals surface area contributed by atoms with Crippen molar-refractivity contribution in [2.24, 2.45) is 17.8 Å². The lowest BCUT2D eigenvalue weighted by Crippen LogP contribution is -2.29. The highest BCUT2D eigenvalue weighted by molar-refractivity contribution is 5.31. The van der Waals surface area contributed by atoms with Gasteiger partial charge in [-0.3, -0.25) is 0 Å². The van der Waals surface area contributed by atoms with Crippen LogP contribution in [0.2, 0.25) is 0 Å². The third kappa shape index (κ3) is 2.25. The monoisotopic (exact) mass is 263 g/mol. The van der Waals surface area contributed by atoms with Gasteiger partial charge in [0, 0.05) is 6.04 Å². The summed E-state index contributed by atoms with van der Waals surface area (Å²) in [6.07, 6.45) is 5.42. The van der Waals surface area contributed by atoms with E-state index in [1.807, 2.05) is 13.1 Å². The number of nitrogens with one attached hydrogen (secondary N) is 1. The molecule has 4 unspecified atom stereocenters. The zero-order valence-electron chi connectivity index (χ0n) is 11.7. The molecule has 0 spiro atoms. The highest BCUT2D eigenvalue weighted by Crippen LogP contribution is 2.52. The average Bonchev–Trinajstić information content (AvgIpc) is 3.02. The highest BCUT2D eigenvalue weighted by atomic mass is 19.1. The number of halogens is 1. The molecule has 0 amide bonds. The molecule has 4 atom stereocenters. The number of rotatable bonds is 4. The molecule has 0 heterocycles. The summed E-state index contributed by atoms with van der Waals surface area (Å²) in [5.41, 5.74) is 1.05. The van der Waals surface area contributed by atoms with Crippen LogP contribution in [0.3, 0.4) is 0 Å². The van der Waals surface area contributed by atoms with Gasteiger partial charge in [0.05, 0.1) is 7.11 Å². The van der Waals surface area contributed by atoms with Crippen LogP contribution in [0.15, 0.2) is 18.2 Å². The molecule has 104 valence electrons. The first-order chi connectivity index (χ1) is 9.22. The molecular weight excluding hydrogens is 241 g/mol. The average molecular weight is 263 g/mol. The lowest BCUT2D eigenvalue weighted by molar-refractivity contribution is 0.259. The zero-order chi connectivity index (χ0) is 13.4. The van der Waals surface area contributed by atoms with Gasteiger partial charge in [-0.25, -0.2) is 4.39 Å². The van der Waals surface area contributed by atoms with E-state index in [1.165, 1.54) is 32.8 Å². The summed E-state index contributed by atoms with van der Waals surface area (Å²) >= 11 is 0. The SMILES string of the molecule is CNC(c1ccc(OC)c(F)c1)C1CC2CCC1C2. The van der Waals surface area contributed by atoms with E-state index in [0.717, 1.165) is 17.4 Å². The lowest BCUT2D eigenvalue weighted by Gasteiger charge is -2.30. The van der Waals surface area contributed by atoms with E-state index in [2.05, 4.69) is 5.32 Å². The van der Waals surface area contributed by atoms with Crippen LogP contribution >= 0.6 is 0 Å². The van der Waals surface area contributed by atoms with E-state index in [1.54, 1.807) is 12.1 Å². The molecule has 19 heavy (non-hydrogen) atoms. The second-order valence-corrected chi connectivity index (χ2v) is 6.00. The Balaban J connectivity index is 1.84. The number of methoxy groups -OCH3 is 1. The van der Waals surface area contributed by atoms with E-state index < -0.39 is 0 Å². The fraction of sp³-hybridized carbons (Fsp3) is 0.625. The van der Waals surface area contributed by atoms with Gasteiger partial charge >= 0.3 is 0 Å². The fourth-order valence-electron chi connectivity index (χ4n) is 4.21. The molecule has 2 aliphatic carbocycles. The second kappa shape index (κ2) is 5.12. The minimum atomic E-state index is -0.261. The van der Waals surface area contributed by atoms with Crippen LogP contribution in [0.5, 0.6) is 5.75 Å². The molecule has 2 nitrogen and oxygen atoms in total. The Labute approximate surface area is 114 Å². The van der Waals surface area contributed by atoms with Crippen LogP contribution in [0.25, 0.3) is 0 Å². The topological polar surface area (TPSA) is 21.3 Å². The van der Waals surface area contributed by atoms with Gasteiger partial charge in [0.1, 0.15) is 0 Å². The Morgan fingerprint density at radius 2 is 2.16 bits per heavy atom. The number of hydrogen-bond acceptors (Lipinski definition) is 2. The molecule has 3 heteroatoms. The van der Waals surface area contributed by atoms with Crippen LogP contribution in [-0.4, -0.2) is 14.2 Å². The molecule has 2 aliphatic rings. The van der Waals surface area contributed by atoms with Crippen molar-refractivity contribution >= 4 is 0 Å². The molecule has 0 aliphatic heterocycles. The van der Waals surface area contributed by atoms with Crippen LogP contribution in [0, 0.1) is 23.6 Å². The predicted octanol–water partition coefficient (Wildman–Crippen LogP) is 3.53. The predicted molar refractivity (Wildman–Crippen MR) is 73.7 cm³/mol. The Morgan fingerprint density at radius 1 is 1.32 bits per heavy atom. The van der Waals surface area contributed by atoms with Crippen LogP contribution in [0.1, 0.15) is 37.3 Å². The molecule has 0 radical (unpaired) electrons. The molecule has 1 N–H and O–H groups in total. The largest absolute Gasteiger partial charge is 0.494 e. The molecule has 1 aromatic rings. The van der Waals surface area contributed by atoms with Crippen LogP contribution in [0.4, 0.5) is 4.39 Å². The maximum Gasteiger partial charge on any atom is 0.165 e. The first-order valence-electron chi connectivity index (χ1n) is 7.23. The van der Waals surface area contributed by atoms with Crippen molar-refractivity contribution < 1.29 is 9.13 Å². The van der Waals surface area contributed by atoms with E-state index in [0.29, 0.717) is 11.7 Å². The van der Waals surface area contributed by atoms with Gasteiger partial charge in [0.15, 0.2) is 11.6 Å². The van der Waals surface area contributed by atoms with Crippen molar-refractivity contribution in [3.63, 3.8) is 0 Å². The smallest absolute Gasteiger partial charge is 0.165 e.